The highest BCUT2D eigenvalue weighted by Gasteiger charge is 2.37. The van der Waals surface area contributed by atoms with Crippen molar-refractivity contribution in [1.29, 1.82) is 0 Å². The minimum absolute atomic E-state index is 0.00207. The second-order valence-electron chi connectivity index (χ2n) is 8.30. The predicted molar refractivity (Wildman–Crippen MR) is 118 cm³/mol. The molecule has 33 heavy (non-hydrogen) atoms. The van der Waals surface area contributed by atoms with Crippen LogP contribution < -0.4 is 9.47 Å². The van der Waals surface area contributed by atoms with Crippen molar-refractivity contribution in [3.63, 3.8) is 0 Å². The quantitative estimate of drug-likeness (QED) is 0.613. The molecule has 2 aromatic carbocycles. The third-order valence-electron chi connectivity index (χ3n) is 6.26. The molecular formula is C24H24F2N4O3. The van der Waals surface area contributed by atoms with Crippen LogP contribution in [0.2, 0.25) is 0 Å². The fraction of sp³-hybridized carbons (Fsp3) is 0.375. The molecule has 1 aliphatic heterocycles. The molecule has 1 aromatic heterocycles. The summed E-state index contributed by atoms with van der Waals surface area (Å²) in [5, 5.41) is 14.5. The zero-order valence-electron chi connectivity index (χ0n) is 18.1. The zero-order chi connectivity index (χ0) is 22.9. The van der Waals surface area contributed by atoms with Crippen molar-refractivity contribution < 1.29 is 23.4 Å². The van der Waals surface area contributed by atoms with Crippen LogP contribution in [-0.2, 0) is 0 Å². The third kappa shape index (κ3) is 4.20. The Balaban J connectivity index is 1.58. The van der Waals surface area contributed by atoms with Crippen LogP contribution in [0, 0.1) is 0 Å². The first-order valence-electron chi connectivity index (χ1n) is 10.9. The minimum Gasteiger partial charge on any atom is -0.493 e. The Morgan fingerprint density at radius 3 is 2.67 bits per heavy atom. The summed E-state index contributed by atoms with van der Waals surface area (Å²) in [6.45, 7) is -0.712. The SMILES string of the molecule is COc1cc2c(cc1OCC(F)F)C1CC(O)CCC1N=C2c1ccc(-n2cncn2)cc1. The number of aliphatic imine (C=N–C) groups is 1. The second kappa shape index (κ2) is 8.90. The van der Waals surface area contributed by atoms with Crippen molar-refractivity contribution in [1.82, 2.24) is 14.8 Å². The molecule has 7 nitrogen and oxygen atoms in total. The van der Waals surface area contributed by atoms with E-state index in [9.17, 15) is 13.9 Å². The van der Waals surface area contributed by atoms with E-state index >= 15 is 0 Å². The van der Waals surface area contributed by atoms with Gasteiger partial charge in [-0.25, -0.2) is 18.4 Å². The van der Waals surface area contributed by atoms with Gasteiger partial charge in [-0.2, -0.15) is 5.10 Å². The molecule has 1 N–H and O–H groups in total. The van der Waals surface area contributed by atoms with E-state index < -0.39 is 19.1 Å². The minimum atomic E-state index is -2.59. The number of ether oxygens (including phenoxy) is 2. The van der Waals surface area contributed by atoms with Gasteiger partial charge >= 0.3 is 0 Å². The molecule has 1 aliphatic carbocycles. The van der Waals surface area contributed by atoms with E-state index in [1.165, 1.54) is 13.4 Å². The number of halogens is 2. The van der Waals surface area contributed by atoms with Gasteiger partial charge in [0.15, 0.2) is 11.5 Å². The van der Waals surface area contributed by atoms with Gasteiger partial charge in [-0.3, -0.25) is 4.99 Å². The number of aliphatic hydroxyl groups excluding tert-OH is 1. The second-order valence-corrected chi connectivity index (χ2v) is 8.30. The predicted octanol–water partition coefficient (Wildman–Crippen LogP) is 3.77. The van der Waals surface area contributed by atoms with Gasteiger partial charge in [0.2, 0.25) is 0 Å². The Labute approximate surface area is 189 Å². The van der Waals surface area contributed by atoms with Crippen LogP contribution in [0.1, 0.15) is 41.9 Å². The fourth-order valence-electron chi connectivity index (χ4n) is 4.71. The highest BCUT2D eigenvalue weighted by molar-refractivity contribution is 6.15. The van der Waals surface area contributed by atoms with Crippen molar-refractivity contribution in [2.24, 2.45) is 4.99 Å². The van der Waals surface area contributed by atoms with E-state index in [-0.39, 0.29) is 17.7 Å². The lowest BCUT2D eigenvalue weighted by Gasteiger charge is -2.37. The number of rotatable bonds is 6. The molecule has 2 aliphatic rings. The molecular weight excluding hydrogens is 430 g/mol. The Hall–Kier alpha value is -3.33. The molecule has 0 saturated heterocycles. The van der Waals surface area contributed by atoms with Gasteiger partial charge in [-0.1, -0.05) is 12.1 Å². The highest BCUT2D eigenvalue weighted by atomic mass is 19.3. The number of alkyl halides is 2. The van der Waals surface area contributed by atoms with Crippen LogP contribution in [0.3, 0.4) is 0 Å². The first-order valence-corrected chi connectivity index (χ1v) is 10.9. The summed E-state index contributed by atoms with van der Waals surface area (Å²) >= 11 is 0. The summed E-state index contributed by atoms with van der Waals surface area (Å²) in [6.07, 6.45) is 2.12. The lowest BCUT2D eigenvalue weighted by atomic mass is 9.74. The van der Waals surface area contributed by atoms with Gasteiger partial charge in [-0.15, -0.1) is 0 Å². The molecule has 0 bridgehead atoms. The summed E-state index contributed by atoms with van der Waals surface area (Å²) in [5.41, 5.74) is 4.41. The van der Waals surface area contributed by atoms with Gasteiger partial charge < -0.3 is 14.6 Å². The normalized spacial score (nSPS) is 21.8. The molecule has 9 heteroatoms. The summed E-state index contributed by atoms with van der Waals surface area (Å²) in [4.78, 5) is 9.06. The van der Waals surface area contributed by atoms with E-state index in [1.807, 2.05) is 24.3 Å². The van der Waals surface area contributed by atoms with Gasteiger partial charge in [-0.05, 0) is 49.1 Å². The molecule has 172 valence electrons. The van der Waals surface area contributed by atoms with Crippen molar-refractivity contribution >= 4 is 5.71 Å². The molecule has 3 unspecified atom stereocenters. The number of hydrogen-bond acceptors (Lipinski definition) is 6. The van der Waals surface area contributed by atoms with Crippen LogP contribution >= 0.6 is 0 Å². The number of hydrogen-bond donors (Lipinski definition) is 1. The van der Waals surface area contributed by atoms with Crippen LogP contribution in [0.25, 0.3) is 5.69 Å². The molecule has 0 amide bonds. The Bertz CT molecular complexity index is 1150. The average molecular weight is 454 g/mol. The van der Waals surface area contributed by atoms with E-state index in [4.69, 9.17) is 14.5 Å². The maximum atomic E-state index is 12.8. The van der Waals surface area contributed by atoms with Crippen LogP contribution in [0.4, 0.5) is 8.78 Å². The number of benzene rings is 2. The number of aliphatic hydroxyl groups is 1. The van der Waals surface area contributed by atoms with Crippen LogP contribution in [-0.4, -0.2) is 57.9 Å². The Morgan fingerprint density at radius 2 is 1.97 bits per heavy atom. The molecule has 3 aromatic rings. The summed E-state index contributed by atoms with van der Waals surface area (Å²) in [6, 6.07) is 11.4. The van der Waals surface area contributed by atoms with Crippen molar-refractivity contribution in [2.45, 2.75) is 43.8 Å². The number of fused-ring (bicyclic) bond motifs is 3. The van der Waals surface area contributed by atoms with E-state index in [1.54, 1.807) is 23.1 Å². The first kappa shape index (κ1) is 21.5. The molecule has 5 rings (SSSR count). The summed E-state index contributed by atoms with van der Waals surface area (Å²) in [5.74, 6) is 0.635. The summed E-state index contributed by atoms with van der Waals surface area (Å²) < 4.78 is 38.1. The average Bonchev–Trinajstić information content (AvgIpc) is 3.37. The summed E-state index contributed by atoms with van der Waals surface area (Å²) in [7, 11) is 1.48. The van der Waals surface area contributed by atoms with Crippen molar-refractivity contribution in [3.05, 3.63) is 65.7 Å². The van der Waals surface area contributed by atoms with Crippen LogP contribution in [0.15, 0.2) is 54.0 Å². The smallest absolute Gasteiger partial charge is 0.272 e. The molecule has 3 atom stereocenters. The van der Waals surface area contributed by atoms with E-state index in [0.717, 1.165) is 34.5 Å². The van der Waals surface area contributed by atoms with Gasteiger partial charge in [0.05, 0.1) is 30.7 Å². The molecule has 1 saturated carbocycles. The molecule has 1 fully saturated rings. The van der Waals surface area contributed by atoms with Crippen LogP contribution in [0.5, 0.6) is 11.5 Å². The fourth-order valence-corrected chi connectivity index (χ4v) is 4.71. The molecule has 2 heterocycles. The standard InChI is InChI=1S/C24H24F2N4O3/c1-32-21-10-19-17(9-22(21)33-11-23(25)26)18-8-16(31)6-7-20(18)29-24(19)14-2-4-15(5-3-14)30-13-27-12-28-30/h2-5,9-10,12-13,16,18,20,23,31H,6-8,11H2,1H3. The monoisotopic (exact) mass is 454 g/mol. The van der Waals surface area contributed by atoms with Gasteiger partial charge in [0.1, 0.15) is 19.3 Å². The highest BCUT2D eigenvalue weighted by Crippen LogP contribution is 2.45. The van der Waals surface area contributed by atoms with E-state index in [0.29, 0.717) is 18.6 Å². The number of nitrogens with zero attached hydrogens (tertiary/aromatic N) is 4. The van der Waals surface area contributed by atoms with Crippen molar-refractivity contribution in [2.75, 3.05) is 13.7 Å². The van der Waals surface area contributed by atoms with Gasteiger partial charge in [0, 0.05) is 17.0 Å². The maximum absolute atomic E-state index is 12.8. The largest absolute Gasteiger partial charge is 0.493 e. The molecule has 0 spiro atoms. The maximum Gasteiger partial charge on any atom is 0.272 e. The topological polar surface area (TPSA) is 81.8 Å². The lowest BCUT2D eigenvalue weighted by molar-refractivity contribution is 0.0802. The number of methoxy groups -OCH3 is 1. The third-order valence-corrected chi connectivity index (χ3v) is 6.26. The van der Waals surface area contributed by atoms with E-state index in [2.05, 4.69) is 10.1 Å². The molecule has 0 radical (unpaired) electrons. The lowest BCUT2D eigenvalue weighted by Crippen LogP contribution is -2.34. The van der Waals surface area contributed by atoms with Gasteiger partial charge in [0.25, 0.3) is 6.43 Å². The number of aromatic nitrogens is 3. The Morgan fingerprint density at radius 1 is 1.15 bits per heavy atom. The first-order chi connectivity index (χ1) is 16.0. The Kier molecular flexibility index (Phi) is 5.80. The zero-order valence-corrected chi connectivity index (χ0v) is 18.1. The van der Waals surface area contributed by atoms with Crippen molar-refractivity contribution in [3.8, 4) is 17.2 Å².